The van der Waals surface area contributed by atoms with Gasteiger partial charge < -0.3 is 14.9 Å². The van der Waals surface area contributed by atoms with Crippen LogP contribution in [0.5, 0.6) is 11.5 Å². The molecule has 0 aliphatic heterocycles. The fourth-order valence-corrected chi connectivity index (χ4v) is 2.57. The van der Waals surface area contributed by atoms with Crippen LogP contribution < -0.4 is 4.74 Å². The van der Waals surface area contributed by atoms with E-state index in [0.29, 0.717) is 24.2 Å². The standard InChI is InChI=1S/C13H16O4/c1-8-4-5-9(14)11(17-2)10(8)13(12(15)16)6-3-7-13/h4-5,14H,3,6-7H2,1-2H3,(H,15,16). The molecule has 0 radical (unpaired) electrons. The Labute approximate surface area is 99.8 Å². The molecule has 4 heteroatoms. The summed E-state index contributed by atoms with van der Waals surface area (Å²) in [4.78, 5) is 11.5. The number of rotatable bonds is 3. The second-order valence-corrected chi connectivity index (χ2v) is 4.55. The van der Waals surface area contributed by atoms with Crippen molar-refractivity contribution < 1.29 is 19.7 Å². The highest BCUT2D eigenvalue weighted by atomic mass is 16.5. The van der Waals surface area contributed by atoms with Crippen LogP contribution in [0.25, 0.3) is 0 Å². The maximum absolute atomic E-state index is 11.5. The van der Waals surface area contributed by atoms with Gasteiger partial charge in [-0.2, -0.15) is 0 Å². The number of phenolic OH excluding ortho intramolecular Hbond substituents is 1. The first-order valence-electron chi connectivity index (χ1n) is 5.63. The Morgan fingerprint density at radius 2 is 2.06 bits per heavy atom. The lowest BCUT2D eigenvalue weighted by Gasteiger charge is -2.39. The highest BCUT2D eigenvalue weighted by molar-refractivity contribution is 5.85. The molecule has 0 unspecified atom stereocenters. The SMILES string of the molecule is COc1c(O)ccc(C)c1C1(C(=O)O)CCC1. The maximum Gasteiger partial charge on any atom is 0.314 e. The van der Waals surface area contributed by atoms with Gasteiger partial charge in [0.05, 0.1) is 12.5 Å². The summed E-state index contributed by atoms with van der Waals surface area (Å²) in [7, 11) is 1.45. The Morgan fingerprint density at radius 3 is 2.47 bits per heavy atom. The topological polar surface area (TPSA) is 66.8 Å². The molecule has 0 amide bonds. The smallest absolute Gasteiger partial charge is 0.314 e. The molecule has 0 atom stereocenters. The third-order valence-electron chi connectivity index (χ3n) is 3.64. The molecular weight excluding hydrogens is 220 g/mol. The Kier molecular flexibility index (Phi) is 2.73. The molecule has 1 aliphatic carbocycles. The molecule has 17 heavy (non-hydrogen) atoms. The number of carbonyl (C=O) groups is 1. The van der Waals surface area contributed by atoms with E-state index in [1.165, 1.54) is 13.2 Å². The Bertz CT molecular complexity index is 461. The molecule has 2 rings (SSSR count). The van der Waals surface area contributed by atoms with Crippen molar-refractivity contribution in [1.29, 1.82) is 0 Å². The van der Waals surface area contributed by atoms with E-state index in [0.717, 1.165) is 12.0 Å². The summed E-state index contributed by atoms with van der Waals surface area (Å²) in [6, 6.07) is 3.27. The molecule has 4 nitrogen and oxygen atoms in total. The average Bonchev–Trinajstić information content (AvgIpc) is 2.21. The van der Waals surface area contributed by atoms with Gasteiger partial charge in [0.15, 0.2) is 11.5 Å². The number of aryl methyl sites for hydroxylation is 1. The van der Waals surface area contributed by atoms with E-state index >= 15 is 0 Å². The van der Waals surface area contributed by atoms with Gasteiger partial charge in [-0.1, -0.05) is 12.5 Å². The van der Waals surface area contributed by atoms with Gasteiger partial charge in [-0.25, -0.2) is 0 Å². The summed E-state index contributed by atoms with van der Waals surface area (Å²) >= 11 is 0. The molecule has 1 fully saturated rings. The number of carboxylic acids is 1. The molecule has 0 heterocycles. The first-order chi connectivity index (χ1) is 8.03. The number of methoxy groups -OCH3 is 1. The lowest BCUT2D eigenvalue weighted by atomic mass is 9.63. The minimum absolute atomic E-state index is 0.000579. The molecular formula is C13H16O4. The Morgan fingerprint density at radius 1 is 1.41 bits per heavy atom. The normalized spacial score (nSPS) is 17.3. The van der Waals surface area contributed by atoms with Crippen molar-refractivity contribution in [3.8, 4) is 11.5 Å². The summed E-state index contributed by atoms with van der Waals surface area (Å²) in [5.74, 6) is -0.538. The minimum Gasteiger partial charge on any atom is -0.504 e. The molecule has 1 aromatic rings. The number of benzene rings is 1. The van der Waals surface area contributed by atoms with Crippen molar-refractivity contribution in [2.75, 3.05) is 7.11 Å². The highest BCUT2D eigenvalue weighted by Crippen LogP contribution is 2.50. The zero-order chi connectivity index (χ0) is 12.6. The van der Waals surface area contributed by atoms with E-state index in [1.807, 2.05) is 6.92 Å². The first-order valence-corrected chi connectivity index (χ1v) is 5.63. The van der Waals surface area contributed by atoms with Gasteiger partial charge in [-0.3, -0.25) is 4.79 Å². The van der Waals surface area contributed by atoms with Crippen LogP contribution in [0.15, 0.2) is 12.1 Å². The lowest BCUT2D eigenvalue weighted by Crippen LogP contribution is -2.43. The third kappa shape index (κ3) is 1.55. The van der Waals surface area contributed by atoms with Crippen LogP contribution in [0.1, 0.15) is 30.4 Å². The molecule has 0 saturated heterocycles. The molecule has 2 N–H and O–H groups in total. The van der Waals surface area contributed by atoms with Gasteiger partial charge in [0, 0.05) is 5.56 Å². The molecule has 0 aromatic heterocycles. The number of aromatic hydroxyl groups is 1. The van der Waals surface area contributed by atoms with Crippen LogP contribution in [0.2, 0.25) is 0 Å². The van der Waals surface area contributed by atoms with Crippen molar-refractivity contribution >= 4 is 5.97 Å². The summed E-state index contributed by atoms with van der Waals surface area (Å²) in [5.41, 5.74) is 0.592. The summed E-state index contributed by atoms with van der Waals surface area (Å²) in [6.07, 6.45) is 2.09. The van der Waals surface area contributed by atoms with Crippen molar-refractivity contribution in [2.24, 2.45) is 0 Å². The fourth-order valence-electron chi connectivity index (χ4n) is 2.57. The molecule has 1 saturated carbocycles. The van der Waals surface area contributed by atoms with Gasteiger partial charge in [0.2, 0.25) is 0 Å². The summed E-state index contributed by atoms with van der Waals surface area (Å²) in [6.45, 7) is 1.85. The molecule has 0 bridgehead atoms. The van der Waals surface area contributed by atoms with E-state index in [2.05, 4.69) is 0 Å². The molecule has 0 spiro atoms. The summed E-state index contributed by atoms with van der Waals surface area (Å²) in [5, 5.41) is 19.2. The minimum atomic E-state index is -0.881. The van der Waals surface area contributed by atoms with Crippen molar-refractivity contribution in [2.45, 2.75) is 31.6 Å². The van der Waals surface area contributed by atoms with Crippen LogP contribution in [0.4, 0.5) is 0 Å². The van der Waals surface area contributed by atoms with E-state index in [-0.39, 0.29) is 5.75 Å². The Balaban J connectivity index is 2.65. The van der Waals surface area contributed by atoms with Gasteiger partial charge in [-0.15, -0.1) is 0 Å². The van der Waals surface area contributed by atoms with E-state index in [9.17, 15) is 15.0 Å². The number of ether oxygens (including phenoxy) is 1. The van der Waals surface area contributed by atoms with Crippen molar-refractivity contribution in [3.05, 3.63) is 23.3 Å². The second kappa shape index (κ2) is 3.95. The van der Waals surface area contributed by atoms with E-state index < -0.39 is 11.4 Å². The number of hydrogen-bond acceptors (Lipinski definition) is 3. The monoisotopic (exact) mass is 236 g/mol. The van der Waals surface area contributed by atoms with Crippen LogP contribution in [0.3, 0.4) is 0 Å². The first kappa shape index (κ1) is 11.8. The molecule has 1 aliphatic rings. The van der Waals surface area contributed by atoms with E-state index in [4.69, 9.17) is 4.74 Å². The average molecular weight is 236 g/mol. The number of carboxylic acid groups (broad SMARTS) is 1. The van der Waals surface area contributed by atoms with Crippen LogP contribution in [-0.4, -0.2) is 23.3 Å². The second-order valence-electron chi connectivity index (χ2n) is 4.55. The van der Waals surface area contributed by atoms with Crippen LogP contribution in [-0.2, 0) is 10.2 Å². The van der Waals surface area contributed by atoms with Gasteiger partial charge in [0.1, 0.15) is 0 Å². The molecule has 1 aromatic carbocycles. The van der Waals surface area contributed by atoms with Gasteiger partial charge in [-0.05, 0) is 31.4 Å². The number of hydrogen-bond donors (Lipinski definition) is 2. The third-order valence-corrected chi connectivity index (χ3v) is 3.64. The van der Waals surface area contributed by atoms with Gasteiger partial charge in [0.25, 0.3) is 0 Å². The van der Waals surface area contributed by atoms with Crippen molar-refractivity contribution in [3.63, 3.8) is 0 Å². The zero-order valence-electron chi connectivity index (χ0n) is 9.99. The highest BCUT2D eigenvalue weighted by Gasteiger charge is 2.49. The van der Waals surface area contributed by atoms with Gasteiger partial charge >= 0.3 is 5.97 Å². The largest absolute Gasteiger partial charge is 0.504 e. The van der Waals surface area contributed by atoms with E-state index in [1.54, 1.807) is 6.07 Å². The quantitative estimate of drug-likeness (QED) is 0.844. The predicted molar refractivity (Wildman–Crippen MR) is 62.6 cm³/mol. The zero-order valence-corrected chi connectivity index (χ0v) is 9.99. The summed E-state index contributed by atoms with van der Waals surface area (Å²) < 4.78 is 5.18. The Hall–Kier alpha value is -1.71. The van der Waals surface area contributed by atoms with Crippen LogP contribution in [0, 0.1) is 6.92 Å². The lowest BCUT2D eigenvalue weighted by molar-refractivity contribution is -0.147. The number of phenols is 1. The van der Waals surface area contributed by atoms with Crippen molar-refractivity contribution in [1.82, 2.24) is 0 Å². The molecule has 92 valence electrons. The predicted octanol–water partition coefficient (Wildman–Crippen LogP) is 2.22. The van der Waals surface area contributed by atoms with Crippen LogP contribution >= 0.6 is 0 Å². The number of aliphatic carboxylic acids is 1. The fraction of sp³-hybridized carbons (Fsp3) is 0.462. The maximum atomic E-state index is 11.5.